The van der Waals surface area contributed by atoms with Crippen molar-refractivity contribution in [2.24, 2.45) is 5.73 Å². The summed E-state index contributed by atoms with van der Waals surface area (Å²) in [4.78, 5) is 21.8. The van der Waals surface area contributed by atoms with Gasteiger partial charge >= 0.3 is 0 Å². The van der Waals surface area contributed by atoms with E-state index in [0.29, 0.717) is 25.2 Å². The second kappa shape index (κ2) is 9.18. The number of nitrogens with two attached hydrogens (primary N) is 1. The standard InChI is InChI=1S/C25H28N6O3/c1-3-31-15-18(13-28-31)22-10-17(14-30-8-9-34-25(30)26)11-23-21(22)5-7-29(24(23)32)16-19-12-20(33-2)4-6-27-19/h4,6,8-13,15,25H,3,5,7,14,16,26H2,1-2H3. The zero-order valence-corrected chi connectivity index (χ0v) is 19.3. The van der Waals surface area contributed by atoms with Crippen LogP contribution in [0, 0.1) is 0 Å². The molecule has 0 spiro atoms. The van der Waals surface area contributed by atoms with Gasteiger partial charge in [0.05, 0.1) is 25.5 Å². The van der Waals surface area contributed by atoms with E-state index in [-0.39, 0.29) is 5.91 Å². The van der Waals surface area contributed by atoms with E-state index in [1.54, 1.807) is 25.6 Å². The van der Waals surface area contributed by atoms with Gasteiger partial charge < -0.3 is 19.3 Å². The van der Waals surface area contributed by atoms with E-state index in [2.05, 4.69) is 23.1 Å². The van der Waals surface area contributed by atoms with Crippen molar-refractivity contribution in [1.82, 2.24) is 24.6 Å². The fraction of sp³-hybridized carbons (Fsp3) is 0.320. The molecule has 2 N–H and O–H groups in total. The highest BCUT2D eigenvalue weighted by molar-refractivity contribution is 5.99. The van der Waals surface area contributed by atoms with Crippen molar-refractivity contribution in [3.8, 4) is 16.9 Å². The first-order valence-corrected chi connectivity index (χ1v) is 11.4. The van der Waals surface area contributed by atoms with Crippen molar-refractivity contribution in [2.45, 2.75) is 39.3 Å². The van der Waals surface area contributed by atoms with E-state index < -0.39 is 6.35 Å². The van der Waals surface area contributed by atoms with E-state index in [0.717, 1.165) is 46.7 Å². The summed E-state index contributed by atoms with van der Waals surface area (Å²) in [6.45, 7) is 4.41. The molecule has 0 saturated heterocycles. The maximum Gasteiger partial charge on any atom is 0.254 e. The molecule has 0 bridgehead atoms. The van der Waals surface area contributed by atoms with Crippen LogP contribution in [-0.2, 0) is 30.8 Å². The average Bonchev–Trinajstić information content (AvgIpc) is 3.50. The lowest BCUT2D eigenvalue weighted by Crippen LogP contribution is -2.38. The predicted molar refractivity (Wildman–Crippen MR) is 126 cm³/mol. The van der Waals surface area contributed by atoms with Crippen LogP contribution in [0.25, 0.3) is 11.1 Å². The summed E-state index contributed by atoms with van der Waals surface area (Å²) in [5, 5.41) is 4.45. The van der Waals surface area contributed by atoms with Crippen LogP contribution in [0.1, 0.15) is 34.1 Å². The molecule has 0 saturated carbocycles. The molecule has 0 aliphatic carbocycles. The number of carbonyl (C=O) groups is 1. The molecule has 5 rings (SSSR count). The summed E-state index contributed by atoms with van der Waals surface area (Å²) in [6, 6.07) is 7.79. The minimum absolute atomic E-state index is 0.00522. The highest BCUT2D eigenvalue weighted by Crippen LogP contribution is 2.33. The van der Waals surface area contributed by atoms with Crippen LogP contribution in [-0.4, -0.2) is 50.5 Å². The summed E-state index contributed by atoms with van der Waals surface area (Å²) < 4.78 is 12.5. The van der Waals surface area contributed by atoms with Crippen molar-refractivity contribution >= 4 is 5.91 Å². The van der Waals surface area contributed by atoms with Gasteiger partial charge in [-0.1, -0.05) is 0 Å². The number of pyridine rings is 1. The van der Waals surface area contributed by atoms with Crippen LogP contribution in [0.2, 0.25) is 0 Å². The van der Waals surface area contributed by atoms with E-state index in [4.69, 9.17) is 15.2 Å². The third-order valence-electron chi connectivity index (χ3n) is 6.27. The zero-order valence-electron chi connectivity index (χ0n) is 19.3. The molecule has 176 valence electrons. The smallest absolute Gasteiger partial charge is 0.254 e. The summed E-state index contributed by atoms with van der Waals surface area (Å²) in [5.74, 6) is 0.721. The van der Waals surface area contributed by atoms with Crippen molar-refractivity contribution in [2.75, 3.05) is 13.7 Å². The van der Waals surface area contributed by atoms with Crippen molar-refractivity contribution < 1.29 is 14.3 Å². The molecule has 1 aromatic carbocycles. The number of methoxy groups -OCH3 is 1. The molecule has 9 heteroatoms. The van der Waals surface area contributed by atoms with Crippen LogP contribution in [0.4, 0.5) is 0 Å². The highest BCUT2D eigenvalue weighted by Gasteiger charge is 2.29. The second-order valence-corrected chi connectivity index (χ2v) is 8.40. The lowest BCUT2D eigenvalue weighted by atomic mass is 9.89. The molecule has 2 aromatic heterocycles. The Labute approximate surface area is 198 Å². The zero-order chi connectivity index (χ0) is 23.7. The van der Waals surface area contributed by atoms with Gasteiger partial charge in [-0.3, -0.25) is 20.2 Å². The molecule has 1 atom stereocenters. The van der Waals surface area contributed by atoms with Gasteiger partial charge in [-0.2, -0.15) is 5.10 Å². The monoisotopic (exact) mass is 460 g/mol. The summed E-state index contributed by atoms with van der Waals surface area (Å²) >= 11 is 0. The average molecular weight is 461 g/mol. The molecule has 9 nitrogen and oxygen atoms in total. The van der Waals surface area contributed by atoms with E-state index in [1.165, 1.54) is 0 Å². The molecule has 0 radical (unpaired) electrons. The van der Waals surface area contributed by atoms with E-state index in [1.807, 2.05) is 45.2 Å². The minimum Gasteiger partial charge on any atom is -0.497 e. The van der Waals surface area contributed by atoms with Crippen LogP contribution in [0.5, 0.6) is 5.75 Å². The van der Waals surface area contributed by atoms with Crippen molar-refractivity contribution in [3.63, 3.8) is 0 Å². The van der Waals surface area contributed by atoms with Gasteiger partial charge in [0.1, 0.15) is 12.0 Å². The van der Waals surface area contributed by atoms with Crippen molar-refractivity contribution in [1.29, 1.82) is 0 Å². The van der Waals surface area contributed by atoms with E-state index in [9.17, 15) is 4.79 Å². The Kier molecular flexibility index (Phi) is 5.93. The van der Waals surface area contributed by atoms with Gasteiger partial charge in [-0.15, -0.1) is 0 Å². The van der Waals surface area contributed by atoms with Crippen LogP contribution < -0.4 is 10.5 Å². The number of aromatic nitrogens is 3. The fourth-order valence-electron chi connectivity index (χ4n) is 4.46. The number of rotatable bonds is 7. The fourth-order valence-corrected chi connectivity index (χ4v) is 4.46. The Morgan fingerprint density at radius 1 is 1.24 bits per heavy atom. The molecule has 2 aliphatic heterocycles. The Morgan fingerprint density at radius 3 is 2.82 bits per heavy atom. The lowest BCUT2D eigenvalue weighted by molar-refractivity contribution is 0.0591. The topological polar surface area (TPSA) is 98.7 Å². The first-order valence-electron chi connectivity index (χ1n) is 11.4. The van der Waals surface area contributed by atoms with Crippen LogP contribution >= 0.6 is 0 Å². The molecule has 1 amide bonds. The minimum atomic E-state index is -0.534. The Bertz CT molecular complexity index is 1240. The second-order valence-electron chi connectivity index (χ2n) is 8.40. The largest absolute Gasteiger partial charge is 0.497 e. The number of nitrogens with zero attached hydrogens (tertiary/aromatic N) is 5. The Balaban J connectivity index is 1.50. The summed E-state index contributed by atoms with van der Waals surface area (Å²) in [7, 11) is 1.62. The number of hydrogen-bond donors (Lipinski definition) is 1. The molecule has 3 aromatic rings. The first-order chi connectivity index (χ1) is 16.6. The van der Waals surface area contributed by atoms with Gasteiger partial charge in [0, 0.05) is 55.4 Å². The number of hydrogen-bond acceptors (Lipinski definition) is 7. The third kappa shape index (κ3) is 4.22. The van der Waals surface area contributed by atoms with Gasteiger partial charge in [0.25, 0.3) is 5.91 Å². The third-order valence-corrected chi connectivity index (χ3v) is 6.27. The first kappa shape index (κ1) is 22.0. The number of benzene rings is 1. The van der Waals surface area contributed by atoms with Crippen LogP contribution in [0.3, 0.4) is 0 Å². The molecule has 34 heavy (non-hydrogen) atoms. The molecule has 1 unspecified atom stereocenters. The normalized spacial score (nSPS) is 17.1. The van der Waals surface area contributed by atoms with Gasteiger partial charge in [-0.05, 0) is 48.2 Å². The molecule has 4 heterocycles. The number of ether oxygens (including phenoxy) is 2. The maximum absolute atomic E-state index is 13.6. The number of carbonyl (C=O) groups excluding carboxylic acids is 1. The molecule has 2 aliphatic rings. The summed E-state index contributed by atoms with van der Waals surface area (Å²) in [6.07, 6.45) is 9.22. The molecule has 0 fully saturated rings. The highest BCUT2D eigenvalue weighted by atomic mass is 16.5. The van der Waals surface area contributed by atoms with E-state index >= 15 is 0 Å². The lowest BCUT2D eigenvalue weighted by Gasteiger charge is -2.31. The van der Waals surface area contributed by atoms with Crippen molar-refractivity contribution in [3.05, 3.63) is 77.7 Å². The number of aryl methyl sites for hydroxylation is 1. The molecular weight excluding hydrogens is 432 g/mol. The van der Waals surface area contributed by atoms with Gasteiger partial charge in [-0.25, -0.2) is 0 Å². The SMILES string of the molecule is CCn1cc(-c2cc(CN3C=COC3N)cc3c2CCN(Cc2cc(OC)ccn2)C3=O)cn1. The Hall–Kier alpha value is -3.85. The number of fused-ring (bicyclic) bond motifs is 1. The number of amides is 1. The predicted octanol–water partition coefficient (Wildman–Crippen LogP) is 2.72. The van der Waals surface area contributed by atoms with Gasteiger partial charge in [0.2, 0.25) is 6.35 Å². The quantitative estimate of drug-likeness (QED) is 0.579. The molecular formula is C25H28N6O3. The van der Waals surface area contributed by atoms with Crippen LogP contribution in [0.15, 0.2) is 55.3 Å². The van der Waals surface area contributed by atoms with Gasteiger partial charge in [0.15, 0.2) is 0 Å². The summed E-state index contributed by atoms with van der Waals surface area (Å²) in [5.41, 5.74) is 11.6. The Morgan fingerprint density at radius 2 is 2.09 bits per heavy atom. The maximum atomic E-state index is 13.6.